The van der Waals surface area contributed by atoms with Gasteiger partial charge in [0.25, 0.3) is 0 Å². The van der Waals surface area contributed by atoms with E-state index in [1.54, 1.807) is 0 Å². The Hall–Kier alpha value is -2.25. The third-order valence-electron chi connectivity index (χ3n) is 4.35. The summed E-state index contributed by atoms with van der Waals surface area (Å²) >= 11 is 0. The standard InChI is InChI=1S/C16H19N6O/c23-15(22-6-2-1-3-7-22)9-14-12-8-11(16-17-10-18-21-16)4-5-13(12)19-20-14/h4-5,8-10,15,23H,1-3,6-7H2,(H,19,20)(H,17,18,21). The van der Waals surface area contributed by atoms with Crippen molar-refractivity contribution >= 4 is 10.9 Å². The molecule has 2 aromatic heterocycles. The van der Waals surface area contributed by atoms with E-state index in [0.717, 1.165) is 53.9 Å². The summed E-state index contributed by atoms with van der Waals surface area (Å²) in [6, 6.07) is 5.94. The first kappa shape index (κ1) is 14.3. The van der Waals surface area contributed by atoms with Gasteiger partial charge in [0.2, 0.25) is 0 Å². The molecule has 1 aliphatic rings. The summed E-state index contributed by atoms with van der Waals surface area (Å²) in [5.41, 5.74) is 2.64. The van der Waals surface area contributed by atoms with Gasteiger partial charge in [-0.1, -0.05) is 6.42 Å². The fraction of sp³-hybridized carbons (Fsp3) is 0.375. The minimum Gasteiger partial charge on any atom is -0.378 e. The van der Waals surface area contributed by atoms with E-state index in [9.17, 15) is 5.11 Å². The first-order valence-electron chi connectivity index (χ1n) is 7.92. The fourth-order valence-corrected chi connectivity index (χ4v) is 3.08. The van der Waals surface area contributed by atoms with Gasteiger partial charge in [-0.3, -0.25) is 15.1 Å². The Morgan fingerprint density at radius 2 is 2.04 bits per heavy atom. The number of H-pyrrole nitrogens is 2. The number of nitrogens with zero attached hydrogens (tertiary/aromatic N) is 4. The minimum absolute atomic E-state index is 0.601. The predicted octanol–water partition coefficient (Wildman–Crippen LogP) is 1.70. The lowest BCUT2D eigenvalue weighted by molar-refractivity contribution is 0.0186. The van der Waals surface area contributed by atoms with Crippen LogP contribution in [0, 0.1) is 6.42 Å². The summed E-state index contributed by atoms with van der Waals surface area (Å²) in [5, 5.41) is 25.5. The number of fused-ring (bicyclic) bond motifs is 1. The molecule has 1 saturated heterocycles. The highest BCUT2D eigenvalue weighted by molar-refractivity contribution is 5.86. The largest absolute Gasteiger partial charge is 0.378 e. The molecule has 0 aliphatic carbocycles. The van der Waals surface area contributed by atoms with Gasteiger partial charge < -0.3 is 5.11 Å². The van der Waals surface area contributed by atoms with Crippen molar-refractivity contribution in [3.05, 3.63) is 36.6 Å². The van der Waals surface area contributed by atoms with Gasteiger partial charge in [0, 0.05) is 24.0 Å². The van der Waals surface area contributed by atoms with E-state index in [2.05, 4.69) is 30.3 Å². The minimum atomic E-state index is -0.601. The number of likely N-dealkylation sites (tertiary alicyclic amines) is 1. The summed E-state index contributed by atoms with van der Waals surface area (Å²) in [6.45, 7) is 1.87. The van der Waals surface area contributed by atoms with Crippen LogP contribution in [-0.2, 0) is 0 Å². The lowest BCUT2D eigenvalue weighted by atomic mass is 10.1. The number of aromatic nitrogens is 5. The number of aromatic amines is 2. The van der Waals surface area contributed by atoms with Crippen molar-refractivity contribution in [1.82, 2.24) is 30.3 Å². The van der Waals surface area contributed by atoms with Gasteiger partial charge >= 0.3 is 0 Å². The summed E-state index contributed by atoms with van der Waals surface area (Å²) in [5.74, 6) is 0.718. The van der Waals surface area contributed by atoms with E-state index in [1.165, 1.54) is 12.7 Å². The molecule has 3 heterocycles. The molecular formula is C16H19N6O. The normalized spacial score (nSPS) is 17.6. The average molecular weight is 311 g/mol. The van der Waals surface area contributed by atoms with Crippen LogP contribution in [0.1, 0.15) is 25.0 Å². The lowest BCUT2D eigenvalue weighted by Crippen LogP contribution is -2.39. The predicted molar refractivity (Wildman–Crippen MR) is 86.3 cm³/mol. The van der Waals surface area contributed by atoms with Crippen LogP contribution in [0.15, 0.2) is 24.5 Å². The Morgan fingerprint density at radius 1 is 1.17 bits per heavy atom. The Labute approximate surface area is 133 Å². The molecule has 1 unspecified atom stereocenters. The maximum absolute atomic E-state index is 10.4. The number of aliphatic hydroxyl groups excluding tert-OH is 1. The smallest absolute Gasteiger partial charge is 0.155 e. The topological polar surface area (TPSA) is 93.7 Å². The molecule has 7 heteroatoms. The van der Waals surface area contributed by atoms with Crippen molar-refractivity contribution in [2.24, 2.45) is 0 Å². The molecule has 1 aromatic carbocycles. The van der Waals surface area contributed by atoms with E-state index < -0.39 is 6.23 Å². The zero-order valence-electron chi connectivity index (χ0n) is 12.7. The number of rotatable bonds is 4. The van der Waals surface area contributed by atoms with Gasteiger partial charge in [-0.2, -0.15) is 10.2 Å². The highest BCUT2D eigenvalue weighted by Crippen LogP contribution is 2.25. The zero-order chi connectivity index (χ0) is 15.6. The van der Waals surface area contributed by atoms with E-state index >= 15 is 0 Å². The highest BCUT2D eigenvalue weighted by Gasteiger charge is 2.21. The van der Waals surface area contributed by atoms with Crippen LogP contribution >= 0.6 is 0 Å². The number of nitrogens with one attached hydrogen (secondary N) is 2. The SMILES string of the molecule is OC([CH]c1n[nH]c2ccc(-c3ncn[nH]3)cc12)N1CCCCC1. The molecule has 0 saturated carbocycles. The van der Waals surface area contributed by atoms with Crippen molar-refractivity contribution in [1.29, 1.82) is 0 Å². The van der Waals surface area contributed by atoms with E-state index in [4.69, 9.17) is 0 Å². The second-order valence-electron chi connectivity index (χ2n) is 5.88. The van der Waals surface area contributed by atoms with E-state index in [-0.39, 0.29) is 0 Å². The molecule has 4 rings (SSSR count). The quantitative estimate of drug-likeness (QED) is 0.682. The van der Waals surface area contributed by atoms with Gasteiger partial charge in [0.1, 0.15) is 12.6 Å². The molecule has 119 valence electrons. The van der Waals surface area contributed by atoms with E-state index in [1.807, 2.05) is 24.6 Å². The van der Waals surface area contributed by atoms with Crippen molar-refractivity contribution in [3.8, 4) is 11.4 Å². The highest BCUT2D eigenvalue weighted by atomic mass is 16.3. The molecule has 0 amide bonds. The summed E-state index contributed by atoms with van der Waals surface area (Å²) in [6.07, 6.45) is 6.23. The van der Waals surface area contributed by atoms with Crippen LogP contribution in [0.25, 0.3) is 22.3 Å². The van der Waals surface area contributed by atoms with Crippen molar-refractivity contribution < 1.29 is 5.11 Å². The Balaban J connectivity index is 1.60. The molecule has 0 spiro atoms. The van der Waals surface area contributed by atoms with Crippen LogP contribution in [0.5, 0.6) is 0 Å². The molecule has 1 atom stereocenters. The Bertz CT molecular complexity index is 775. The molecule has 3 aromatic rings. The van der Waals surface area contributed by atoms with E-state index in [0.29, 0.717) is 0 Å². The van der Waals surface area contributed by atoms with Gasteiger partial charge in [0.05, 0.1) is 17.6 Å². The Kier molecular flexibility index (Phi) is 3.80. The molecule has 7 nitrogen and oxygen atoms in total. The van der Waals surface area contributed by atoms with Crippen LogP contribution in [0.3, 0.4) is 0 Å². The Morgan fingerprint density at radius 3 is 2.83 bits per heavy atom. The van der Waals surface area contributed by atoms with Gasteiger partial charge in [-0.25, -0.2) is 4.98 Å². The van der Waals surface area contributed by atoms with Crippen LogP contribution < -0.4 is 0 Å². The number of hydrogen-bond donors (Lipinski definition) is 3. The molecular weight excluding hydrogens is 292 g/mol. The molecule has 1 radical (unpaired) electrons. The van der Waals surface area contributed by atoms with Gasteiger partial charge in [-0.15, -0.1) is 0 Å². The molecule has 1 aliphatic heterocycles. The number of aliphatic hydroxyl groups is 1. The van der Waals surface area contributed by atoms with Gasteiger partial charge in [0.15, 0.2) is 5.82 Å². The van der Waals surface area contributed by atoms with Crippen molar-refractivity contribution in [2.75, 3.05) is 13.1 Å². The van der Waals surface area contributed by atoms with Crippen LogP contribution in [0.2, 0.25) is 0 Å². The lowest BCUT2D eigenvalue weighted by Gasteiger charge is -2.30. The number of benzene rings is 1. The third kappa shape index (κ3) is 2.85. The first-order chi connectivity index (χ1) is 11.3. The summed E-state index contributed by atoms with van der Waals surface area (Å²) in [7, 11) is 0. The molecule has 23 heavy (non-hydrogen) atoms. The third-order valence-corrected chi connectivity index (χ3v) is 4.35. The maximum atomic E-state index is 10.4. The average Bonchev–Trinajstić information content (AvgIpc) is 3.25. The van der Waals surface area contributed by atoms with Crippen molar-refractivity contribution in [2.45, 2.75) is 25.5 Å². The number of piperidine rings is 1. The molecule has 1 fully saturated rings. The number of hydrogen-bond acceptors (Lipinski definition) is 5. The molecule has 3 N–H and O–H groups in total. The van der Waals surface area contributed by atoms with Gasteiger partial charge in [-0.05, 0) is 31.0 Å². The van der Waals surface area contributed by atoms with Crippen LogP contribution in [-0.4, -0.2) is 54.7 Å². The fourth-order valence-electron chi connectivity index (χ4n) is 3.08. The zero-order valence-corrected chi connectivity index (χ0v) is 12.7. The summed E-state index contributed by atoms with van der Waals surface area (Å²) < 4.78 is 0. The second-order valence-corrected chi connectivity index (χ2v) is 5.88. The monoisotopic (exact) mass is 311 g/mol. The molecule has 0 bridgehead atoms. The second kappa shape index (κ2) is 6.10. The first-order valence-corrected chi connectivity index (χ1v) is 7.92. The summed E-state index contributed by atoms with van der Waals surface area (Å²) in [4.78, 5) is 6.26. The maximum Gasteiger partial charge on any atom is 0.155 e. The van der Waals surface area contributed by atoms with Crippen LogP contribution in [0.4, 0.5) is 0 Å². The van der Waals surface area contributed by atoms with Crippen molar-refractivity contribution in [3.63, 3.8) is 0 Å².